The number of carbonyl (C=O) groups is 3. The molecule has 0 aliphatic heterocycles. The van der Waals surface area contributed by atoms with Gasteiger partial charge in [0.05, 0.1) is 19.9 Å². The van der Waals surface area contributed by atoms with Crippen LogP contribution in [0.5, 0.6) is 11.5 Å². The highest BCUT2D eigenvalue weighted by molar-refractivity contribution is 7.09. The third-order valence-electron chi connectivity index (χ3n) is 6.40. The van der Waals surface area contributed by atoms with Crippen molar-refractivity contribution in [1.29, 1.82) is 0 Å². The first-order chi connectivity index (χ1) is 18.2. The zero-order valence-corrected chi connectivity index (χ0v) is 21.7. The molecule has 10 nitrogen and oxygen atoms in total. The van der Waals surface area contributed by atoms with Crippen LogP contribution in [0.15, 0.2) is 42.5 Å². The molecule has 1 atom stereocenters. The molecule has 1 aliphatic rings. The molecule has 0 unspecified atom stereocenters. The second kappa shape index (κ2) is 11.5. The van der Waals surface area contributed by atoms with Crippen LogP contribution < -0.4 is 31.2 Å². The fraction of sp³-hybridized carbons (Fsp3) is 0.308. The van der Waals surface area contributed by atoms with Crippen molar-refractivity contribution in [3.8, 4) is 11.5 Å². The van der Waals surface area contributed by atoms with Gasteiger partial charge in [-0.1, -0.05) is 18.9 Å². The van der Waals surface area contributed by atoms with Gasteiger partial charge in [0.2, 0.25) is 5.91 Å². The zero-order valence-electron chi connectivity index (χ0n) is 20.9. The van der Waals surface area contributed by atoms with Crippen LogP contribution >= 0.6 is 11.5 Å². The van der Waals surface area contributed by atoms with Crippen molar-refractivity contribution in [2.75, 3.05) is 24.9 Å². The Kier molecular flexibility index (Phi) is 8.10. The summed E-state index contributed by atoms with van der Waals surface area (Å²) in [6.07, 6.45) is 3.53. The van der Waals surface area contributed by atoms with E-state index >= 15 is 0 Å². The van der Waals surface area contributed by atoms with Crippen LogP contribution in [0.25, 0.3) is 0 Å². The number of nitrogens with two attached hydrogens (primary N) is 2. The molecule has 1 aliphatic carbocycles. The maximum atomic E-state index is 14.5. The number of primary amides is 1. The average Bonchev–Trinajstić information content (AvgIpc) is 3.55. The van der Waals surface area contributed by atoms with Crippen molar-refractivity contribution in [3.05, 3.63) is 64.4 Å². The molecule has 0 radical (unpaired) electrons. The van der Waals surface area contributed by atoms with Crippen LogP contribution in [0.2, 0.25) is 0 Å². The topological polar surface area (TPSA) is 150 Å². The van der Waals surface area contributed by atoms with E-state index in [0.717, 1.165) is 36.6 Å². The molecule has 200 valence electrons. The van der Waals surface area contributed by atoms with Gasteiger partial charge < -0.3 is 26.3 Å². The van der Waals surface area contributed by atoms with Crippen LogP contribution in [0.1, 0.15) is 57.4 Å². The molecule has 1 aromatic heterocycles. The highest BCUT2D eigenvalue weighted by atomic mass is 32.1. The number of hydrogen-bond acceptors (Lipinski definition) is 8. The largest absolute Gasteiger partial charge is 0.497 e. The molecule has 2 aromatic carbocycles. The summed E-state index contributed by atoms with van der Waals surface area (Å²) in [7, 11) is 2.91. The number of nitrogens with zero attached hydrogens (tertiary/aromatic N) is 2. The quantitative estimate of drug-likeness (QED) is 0.376. The molecule has 3 amide bonds. The van der Waals surface area contributed by atoms with E-state index in [9.17, 15) is 18.8 Å². The summed E-state index contributed by atoms with van der Waals surface area (Å²) in [6, 6.07) is 8.72. The van der Waals surface area contributed by atoms with Crippen LogP contribution in [-0.2, 0) is 4.79 Å². The maximum absolute atomic E-state index is 14.5. The van der Waals surface area contributed by atoms with E-state index in [4.69, 9.17) is 20.9 Å². The lowest BCUT2D eigenvalue weighted by molar-refractivity contribution is -0.123. The van der Waals surface area contributed by atoms with Gasteiger partial charge in [0.15, 0.2) is 5.69 Å². The second-order valence-corrected chi connectivity index (χ2v) is 9.57. The molecule has 4 rings (SSSR count). The lowest BCUT2D eigenvalue weighted by Gasteiger charge is -2.33. The number of carbonyl (C=O) groups excluding carboxylic acids is 3. The number of aromatic nitrogens is 1. The van der Waals surface area contributed by atoms with Crippen molar-refractivity contribution in [1.82, 2.24) is 9.69 Å². The van der Waals surface area contributed by atoms with Gasteiger partial charge in [-0.25, -0.2) is 4.39 Å². The monoisotopic (exact) mass is 541 g/mol. The number of amides is 3. The van der Waals surface area contributed by atoms with Crippen LogP contribution in [-0.4, -0.2) is 42.4 Å². The van der Waals surface area contributed by atoms with E-state index in [1.165, 1.54) is 32.4 Å². The van der Waals surface area contributed by atoms with Crippen molar-refractivity contribution in [3.63, 3.8) is 0 Å². The van der Waals surface area contributed by atoms with E-state index in [0.29, 0.717) is 28.6 Å². The Morgan fingerprint density at radius 3 is 2.47 bits per heavy atom. The summed E-state index contributed by atoms with van der Waals surface area (Å²) in [5.74, 6) is -2.07. The fourth-order valence-corrected chi connectivity index (χ4v) is 5.29. The Balaban J connectivity index is 1.93. The summed E-state index contributed by atoms with van der Waals surface area (Å²) in [5, 5.41) is 3.03. The summed E-state index contributed by atoms with van der Waals surface area (Å²) < 4.78 is 29.3. The average molecular weight is 542 g/mol. The van der Waals surface area contributed by atoms with E-state index < -0.39 is 29.6 Å². The minimum Gasteiger partial charge on any atom is -0.497 e. The third-order valence-corrected chi connectivity index (χ3v) is 7.25. The lowest BCUT2D eigenvalue weighted by Crippen LogP contribution is -2.46. The molecule has 3 aromatic rings. The van der Waals surface area contributed by atoms with Crippen LogP contribution in [0.3, 0.4) is 0 Å². The van der Waals surface area contributed by atoms with E-state index in [1.807, 2.05) is 0 Å². The zero-order chi connectivity index (χ0) is 27.4. The Morgan fingerprint density at radius 1 is 1.13 bits per heavy atom. The summed E-state index contributed by atoms with van der Waals surface area (Å²) >= 11 is 0.666. The number of halogens is 1. The van der Waals surface area contributed by atoms with Gasteiger partial charge in [-0.15, -0.1) is 0 Å². The molecule has 1 saturated carbocycles. The Morgan fingerprint density at radius 2 is 1.87 bits per heavy atom. The highest BCUT2D eigenvalue weighted by Gasteiger charge is 2.39. The Bertz CT molecular complexity index is 1360. The van der Waals surface area contributed by atoms with Crippen molar-refractivity contribution >= 4 is 40.6 Å². The molecule has 38 heavy (non-hydrogen) atoms. The van der Waals surface area contributed by atoms with Gasteiger partial charge in [-0.05, 0) is 60.8 Å². The smallest absolute Gasteiger partial charge is 0.273 e. The summed E-state index contributed by atoms with van der Waals surface area (Å²) in [6.45, 7) is 0. The first-order valence-corrected chi connectivity index (χ1v) is 12.7. The minimum atomic E-state index is -1.33. The number of benzene rings is 2. The lowest BCUT2D eigenvalue weighted by atomic mass is 10.00. The van der Waals surface area contributed by atoms with Crippen LogP contribution in [0, 0.1) is 5.82 Å². The van der Waals surface area contributed by atoms with Gasteiger partial charge in [-0.2, -0.15) is 4.37 Å². The number of rotatable bonds is 9. The number of ether oxygens (including phenoxy) is 2. The number of hydrogen-bond donors (Lipinski definition) is 3. The Hall–Kier alpha value is -4.19. The van der Waals surface area contributed by atoms with Crippen molar-refractivity contribution < 1.29 is 28.2 Å². The molecular formula is C26H28FN5O5S. The van der Waals surface area contributed by atoms with E-state index in [2.05, 4.69) is 9.69 Å². The van der Waals surface area contributed by atoms with Gasteiger partial charge in [-0.3, -0.25) is 19.3 Å². The number of nitrogen functional groups attached to an aromatic ring is 1. The maximum Gasteiger partial charge on any atom is 0.273 e. The molecule has 0 bridgehead atoms. The first kappa shape index (κ1) is 26.9. The predicted octanol–water partition coefficient (Wildman–Crippen LogP) is 3.43. The van der Waals surface area contributed by atoms with E-state index in [1.54, 1.807) is 18.2 Å². The second-order valence-electron chi connectivity index (χ2n) is 8.79. The van der Waals surface area contributed by atoms with E-state index in [-0.39, 0.29) is 28.0 Å². The molecule has 12 heteroatoms. The Labute approximate surface area is 222 Å². The number of nitrogens with one attached hydrogen (secondary N) is 1. The van der Waals surface area contributed by atoms with Gasteiger partial charge in [0, 0.05) is 17.3 Å². The number of anilines is 2. The van der Waals surface area contributed by atoms with Gasteiger partial charge in [0.1, 0.15) is 28.2 Å². The molecular weight excluding hydrogens is 513 g/mol. The molecule has 0 spiro atoms. The minimum absolute atomic E-state index is 0.0824. The molecule has 0 saturated heterocycles. The predicted molar refractivity (Wildman–Crippen MR) is 141 cm³/mol. The van der Waals surface area contributed by atoms with Crippen LogP contribution in [0.4, 0.5) is 15.8 Å². The third kappa shape index (κ3) is 5.40. The first-order valence-electron chi connectivity index (χ1n) is 11.9. The van der Waals surface area contributed by atoms with Crippen molar-refractivity contribution in [2.24, 2.45) is 5.73 Å². The summed E-state index contributed by atoms with van der Waals surface area (Å²) in [4.78, 5) is 40.9. The normalized spacial score (nSPS) is 14.1. The van der Waals surface area contributed by atoms with Gasteiger partial charge >= 0.3 is 0 Å². The number of methoxy groups -OCH3 is 2. The van der Waals surface area contributed by atoms with Crippen molar-refractivity contribution in [2.45, 2.75) is 37.8 Å². The molecule has 5 N–H and O–H groups in total. The molecule has 1 fully saturated rings. The standard InChI is InChI=1S/C26H28FN5O5S/c1-36-17-10-11-19(37-2)18(13-17)22(25(34)30-15-7-3-4-8-15)32(16-9-5-6-14(27)12-16)26(35)23-20(28)21(24(29)33)31-38-23/h5-6,9-13,15,22H,3-4,7-8,28H2,1-2H3,(H2,29,33)(H,30,34)/t22-/m1/s1. The fourth-order valence-electron chi connectivity index (χ4n) is 4.55. The summed E-state index contributed by atoms with van der Waals surface area (Å²) in [5.41, 5.74) is 11.3. The SMILES string of the molecule is COc1ccc(OC)c([C@H](C(=O)NC2CCCC2)N(C(=O)c2snc(C(N)=O)c2N)c2cccc(F)c2)c1. The highest BCUT2D eigenvalue weighted by Crippen LogP contribution is 2.38. The molecule has 1 heterocycles. The van der Waals surface area contributed by atoms with Gasteiger partial charge in [0.25, 0.3) is 11.8 Å².